The molecule has 1 aromatic rings. The van der Waals surface area contributed by atoms with Gasteiger partial charge in [0.05, 0.1) is 17.2 Å². The summed E-state index contributed by atoms with van der Waals surface area (Å²) in [6.07, 6.45) is 0. The van der Waals surface area contributed by atoms with Crippen molar-refractivity contribution in [2.24, 2.45) is 5.10 Å². The first-order valence-corrected chi connectivity index (χ1v) is 5.99. The van der Waals surface area contributed by atoms with Crippen molar-refractivity contribution in [2.45, 2.75) is 11.8 Å². The van der Waals surface area contributed by atoms with Crippen LogP contribution in [0.4, 0.5) is 5.69 Å². The molecule has 0 aromatic heterocycles. The number of rotatable bonds is 2. The van der Waals surface area contributed by atoms with Crippen LogP contribution in [0.5, 0.6) is 5.75 Å². The molecule has 0 amide bonds. The van der Waals surface area contributed by atoms with Crippen molar-refractivity contribution in [1.82, 2.24) is 0 Å². The first-order valence-electron chi connectivity index (χ1n) is 4.44. The molecule has 0 radical (unpaired) electrons. The smallest absolute Gasteiger partial charge is 0.220 e. The Bertz CT molecular complexity index is 508. The molecule has 0 aliphatic carbocycles. The number of nitrogens with one attached hydrogen (secondary N) is 1. The summed E-state index contributed by atoms with van der Waals surface area (Å²) < 4.78 is 28.3. The van der Waals surface area contributed by atoms with Crippen LogP contribution in [-0.4, -0.2) is 20.6 Å². The second-order valence-corrected chi connectivity index (χ2v) is 4.72. The summed E-state index contributed by atoms with van der Waals surface area (Å²) in [7, 11) is -3.38. The molecule has 80 valence electrons. The van der Waals surface area contributed by atoms with Crippen LogP contribution < -0.4 is 10.2 Å². The minimum atomic E-state index is -3.38. The quantitative estimate of drug-likeness (QED) is 0.823. The molecule has 1 aliphatic heterocycles. The van der Waals surface area contributed by atoms with Crippen LogP contribution >= 0.6 is 0 Å². The van der Waals surface area contributed by atoms with Crippen LogP contribution in [0, 0.1) is 0 Å². The number of benzene rings is 1. The molecule has 6 heteroatoms. The topological polar surface area (TPSA) is 67.8 Å². The van der Waals surface area contributed by atoms with Crippen LogP contribution in [0.25, 0.3) is 0 Å². The van der Waals surface area contributed by atoms with Gasteiger partial charge in [0, 0.05) is 6.07 Å². The molecule has 2 rings (SSSR count). The zero-order valence-corrected chi connectivity index (χ0v) is 8.91. The monoisotopic (exact) mass is 226 g/mol. The van der Waals surface area contributed by atoms with Crippen LogP contribution in [-0.2, 0) is 9.84 Å². The van der Waals surface area contributed by atoms with E-state index in [1.807, 2.05) is 6.92 Å². The third-order valence-corrected chi connectivity index (χ3v) is 3.30. The van der Waals surface area contributed by atoms with Crippen molar-refractivity contribution in [3.8, 4) is 5.75 Å². The molecule has 0 unspecified atom stereocenters. The minimum Gasteiger partial charge on any atom is -0.494 e. The van der Waals surface area contributed by atoms with Crippen molar-refractivity contribution >= 4 is 21.1 Å². The highest BCUT2D eigenvalue weighted by Gasteiger charge is 2.20. The van der Waals surface area contributed by atoms with Gasteiger partial charge in [-0.3, -0.25) is 5.43 Å². The maximum absolute atomic E-state index is 11.5. The van der Waals surface area contributed by atoms with Gasteiger partial charge in [0.1, 0.15) is 11.3 Å². The van der Waals surface area contributed by atoms with Gasteiger partial charge >= 0.3 is 0 Å². The largest absolute Gasteiger partial charge is 0.494 e. The predicted molar refractivity (Wildman–Crippen MR) is 56.9 cm³/mol. The molecule has 0 atom stereocenters. The molecule has 0 saturated heterocycles. The Kier molecular flexibility index (Phi) is 2.36. The Morgan fingerprint density at radius 3 is 3.00 bits per heavy atom. The van der Waals surface area contributed by atoms with Crippen LogP contribution in [0.2, 0.25) is 0 Å². The number of fused-ring (bicyclic) bond motifs is 1. The molecule has 0 fully saturated rings. The molecule has 0 spiro atoms. The average molecular weight is 226 g/mol. The summed E-state index contributed by atoms with van der Waals surface area (Å²) in [5.41, 5.74) is 3.97. The summed E-state index contributed by atoms with van der Waals surface area (Å²) in [5, 5.41) is 3.55. The average Bonchev–Trinajstić information content (AvgIpc) is 2.17. The number of nitrogens with zero attached hydrogens (tertiary/aromatic N) is 1. The van der Waals surface area contributed by atoms with Crippen molar-refractivity contribution in [2.75, 3.05) is 12.0 Å². The van der Waals surface area contributed by atoms with Gasteiger partial charge in [0.2, 0.25) is 9.84 Å². The lowest BCUT2D eigenvalue weighted by atomic mass is 10.3. The zero-order chi connectivity index (χ0) is 10.9. The molecule has 0 saturated carbocycles. The lowest BCUT2D eigenvalue weighted by molar-refractivity contribution is 0.340. The second kappa shape index (κ2) is 3.54. The van der Waals surface area contributed by atoms with Crippen LogP contribution in [0.3, 0.4) is 0 Å². The first kappa shape index (κ1) is 9.97. The maximum atomic E-state index is 11.5. The molecule has 1 N–H and O–H groups in total. The Balaban J connectivity index is 2.49. The van der Waals surface area contributed by atoms with E-state index in [4.69, 9.17) is 4.74 Å². The van der Waals surface area contributed by atoms with E-state index in [-0.39, 0.29) is 4.90 Å². The number of hydrogen-bond donors (Lipinski definition) is 1. The van der Waals surface area contributed by atoms with E-state index in [9.17, 15) is 8.42 Å². The number of anilines is 1. The van der Waals surface area contributed by atoms with Gasteiger partial charge < -0.3 is 4.74 Å². The highest BCUT2D eigenvalue weighted by atomic mass is 32.2. The molecule has 1 heterocycles. The van der Waals surface area contributed by atoms with E-state index in [2.05, 4.69) is 10.5 Å². The normalized spacial score (nSPS) is 16.6. The number of hydrazone groups is 1. The lowest BCUT2D eigenvalue weighted by Crippen LogP contribution is -2.12. The summed E-state index contributed by atoms with van der Waals surface area (Å²) in [5.74, 6) is 0.621. The molecular weight excluding hydrogens is 216 g/mol. The highest BCUT2D eigenvalue weighted by Crippen LogP contribution is 2.28. The van der Waals surface area contributed by atoms with Gasteiger partial charge in [0.15, 0.2) is 0 Å². The van der Waals surface area contributed by atoms with E-state index in [0.717, 1.165) is 5.55 Å². The summed E-state index contributed by atoms with van der Waals surface area (Å²) in [6, 6.07) is 4.75. The van der Waals surface area contributed by atoms with Crippen molar-refractivity contribution in [3.05, 3.63) is 18.2 Å². The standard InChI is InChI=1S/C9H10N2O3S/c1-2-14-7-3-4-9-8(5-7)11-10-6-15(9,12)13/h3-6,11H,2H2,1H3. The van der Waals surface area contributed by atoms with Crippen molar-refractivity contribution in [1.29, 1.82) is 0 Å². The molecule has 0 bridgehead atoms. The predicted octanol–water partition coefficient (Wildman–Crippen LogP) is 1.23. The SMILES string of the molecule is CCOc1ccc2c(c1)NN=CS2(=O)=O. The van der Waals surface area contributed by atoms with Gasteiger partial charge in [0.25, 0.3) is 0 Å². The zero-order valence-electron chi connectivity index (χ0n) is 8.10. The van der Waals surface area contributed by atoms with Gasteiger partial charge in [-0.05, 0) is 19.1 Å². The van der Waals surface area contributed by atoms with E-state index in [1.165, 1.54) is 6.07 Å². The van der Waals surface area contributed by atoms with Crippen LogP contribution in [0.1, 0.15) is 6.92 Å². The van der Waals surface area contributed by atoms with Crippen molar-refractivity contribution in [3.63, 3.8) is 0 Å². The van der Waals surface area contributed by atoms with Gasteiger partial charge in [-0.25, -0.2) is 8.42 Å². The number of hydrogen-bond acceptors (Lipinski definition) is 5. The van der Waals surface area contributed by atoms with Crippen molar-refractivity contribution < 1.29 is 13.2 Å². The third-order valence-electron chi connectivity index (χ3n) is 1.95. The fraction of sp³-hybridized carbons (Fsp3) is 0.222. The molecule has 1 aromatic carbocycles. The minimum absolute atomic E-state index is 0.223. The summed E-state index contributed by atoms with van der Waals surface area (Å²) in [4.78, 5) is 0.223. The summed E-state index contributed by atoms with van der Waals surface area (Å²) in [6.45, 7) is 2.40. The van der Waals surface area contributed by atoms with Gasteiger partial charge in [-0.2, -0.15) is 5.10 Å². The first-order chi connectivity index (χ1) is 7.13. The van der Waals surface area contributed by atoms with Gasteiger partial charge in [-0.1, -0.05) is 0 Å². The maximum Gasteiger partial charge on any atom is 0.220 e. The fourth-order valence-corrected chi connectivity index (χ4v) is 2.30. The molecule has 5 nitrogen and oxygen atoms in total. The lowest BCUT2D eigenvalue weighted by Gasteiger charge is -2.13. The molecule has 1 aliphatic rings. The molecule has 15 heavy (non-hydrogen) atoms. The van der Waals surface area contributed by atoms with Gasteiger partial charge in [-0.15, -0.1) is 0 Å². The van der Waals surface area contributed by atoms with Crippen LogP contribution in [0.15, 0.2) is 28.2 Å². The Hall–Kier alpha value is -1.56. The van der Waals surface area contributed by atoms with E-state index >= 15 is 0 Å². The highest BCUT2D eigenvalue weighted by molar-refractivity contribution is 8.04. The van der Waals surface area contributed by atoms with E-state index in [1.54, 1.807) is 12.1 Å². The number of ether oxygens (including phenoxy) is 1. The third kappa shape index (κ3) is 1.80. The Labute approximate surface area is 87.7 Å². The second-order valence-electron chi connectivity index (χ2n) is 2.98. The number of sulfone groups is 1. The Morgan fingerprint density at radius 2 is 2.27 bits per heavy atom. The van der Waals surface area contributed by atoms with E-state index < -0.39 is 9.84 Å². The fourth-order valence-electron chi connectivity index (χ4n) is 1.32. The summed E-state index contributed by atoms with van der Waals surface area (Å²) >= 11 is 0. The Morgan fingerprint density at radius 1 is 1.47 bits per heavy atom. The molecular formula is C9H10N2O3S. The van der Waals surface area contributed by atoms with E-state index in [0.29, 0.717) is 18.0 Å².